The van der Waals surface area contributed by atoms with Gasteiger partial charge in [0.2, 0.25) is 0 Å². The molecule has 0 aliphatic heterocycles. The van der Waals surface area contributed by atoms with Gasteiger partial charge in [0, 0.05) is 19.3 Å². The number of allylic oxidation sites excluding steroid dienone is 10. The van der Waals surface area contributed by atoms with Crippen LogP contribution >= 0.6 is 0 Å². The second-order valence-corrected chi connectivity index (χ2v) is 18.5. The van der Waals surface area contributed by atoms with E-state index in [1.165, 1.54) is 141 Å². The molecule has 0 aliphatic carbocycles. The molecule has 0 radical (unpaired) electrons. The average molecular weight is 909 g/mol. The normalized spacial score (nSPS) is 12.5. The van der Waals surface area contributed by atoms with E-state index in [9.17, 15) is 14.4 Å². The molecule has 0 N–H and O–H groups in total. The molecule has 0 aromatic rings. The summed E-state index contributed by atoms with van der Waals surface area (Å²) in [5.41, 5.74) is 0. The fourth-order valence-corrected chi connectivity index (χ4v) is 7.88. The minimum absolute atomic E-state index is 0.0809. The van der Waals surface area contributed by atoms with Crippen LogP contribution in [0.15, 0.2) is 60.8 Å². The molecule has 6 heteroatoms. The minimum atomic E-state index is -0.784. The van der Waals surface area contributed by atoms with E-state index in [4.69, 9.17) is 14.2 Å². The molecule has 6 nitrogen and oxygen atoms in total. The number of esters is 3. The molecule has 0 aromatic carbocycles. The van der Waals surface area contributed by atoms with Crippen molar-refractivity contribution in [1.82, 2.24) is 0 Å². The van der Waals surface area contributed by atoms with Crippen molar-refractivity contribution >= 4 is 17.9 Å². The molecule has 0 unspecified atom stereocenters. The molecule has 0 saturated carbocycles. The van der Waals surface area contributed by atoms with E-state index in [0.717, 1.165) is 96.3 Å². The van der Waals surface area contributed by atoms with Gasteiger partial charge in [0.05, 0.1) is 0 Å². The maximum absolute atomic E-state index is 12.8. The first kappa shape index (κ1) is 62.1. The molecular weight excluding hydrogens is 805 g/mol. The van der Waals surface area contributed by atoms with Crippen molar-refractivity contribution in [3.05, 3.63) is 60.8 Å². The quantitative estimate of drug-likeness (QED) is 0.0262. The molecule has 0 rings (SSSR count). The van der Waals surface area contributed by atoms with E-state index in [0.29, 0.717) is 19.3 Å². The summed E-state index contributed by atoms with van der Waals surface area (Å²) < 4.78 is 16.8. The summed E-state index contributed by atoms with van der Waals surface area (Å²) in [5.74, 6) is -0.903. The van der Waals surface area contributed by atoms with Crippen LogP contribution in [0.4, 0.5) is 0 Å². The Morgan fingerprint density at radius 3 is 0.938 bits per heavy atom. The van der Waals surface area contributed by atoms with E-state index in [2.05, 4.69) is 81.5 Å². The number of hydrogen-bond donors (Lipinski definition) is 0. The predicted octanol–water partition coefficient (Wildman–Crippen LogP) is 18.4. The summed E-state index contributed by atoms with van der Waals surface area (Å²) in [5, 5.41) is 0. The lowest BCUT2D eigenvalue weighted by molar-refractivity contribution is -0.167. The number of carbonyl (C=O) groups excluding carboxylic acids is 3. The number of hydrogen-bond acceptors (Lipinski definition) is 6. The van der Waals surface area contributed by atoms with Gasteiger partial charge in [-0.05, 0) is 64.2 Å². The van der Waals surface area contributed by atoms with Crippen LogP contribution in [0.5, 0.6) is 0 Å². The largest absolute Gasteiger partial charge is 0.462 e. The zero-order valence-electron chi connectivity index (χ0n) is 43.0. The first-order chi connectivity index (χ1) is 32.0. The Labute approximate surface area is 402 Å². The third-order valence-electron chi connectivity index (χ3n) is 12.0. The van der Waals surface area contributed by atoms with E-state index in [1.807, 2.05) is 0 Å². The zero-order valence-corrected chi connectivity index (χ0v) is 43.0. The van der Waals surface area contributed by atoms with Crippen molar-refractivity contribution < 1.29 is 28.6 Å². The van der Waals surface area contributed by atoms with E-state index in [-0.39, 0.29) is 31.1 Å². The Morgan fingerprint density at radius 2 is 0.600 bits per heavy atom. The Hall–Kier alpha value is -2.89. The van der Waals surface area contributed by atoms with Gasteiger partial charge in [-0.1, -0.05) is 255 Å². The summed E-state index contributed by atoms with van der Waals surface area (Å²) in [6, 6.07) is 0. The number of unbranched alkanes of at least 4 members (excludes halogenated alkanes) is 29. The Bertz CT molecular complexity index is 1180. The fraction of sp³-hybridized carbons (Fsp3) is 0.780. The third kappa shape index (κ3) is 51.9. The van der Waals surface area contributed by atoms with E-state index >= 15 is 0 Å². The second-order valence-electron chi connectivity index (χ2n) is 18.5. The SMILES string of the molecule is CC/C=C\C/C=C\C/C=C\C/C=C\C/C=C\CCCCCC(=O)OC[C@H](COC(=O)CCCCCCCCCCCCCCCCC)OC(=O)CCCCCCCCCCCCCCC. The molecule has 0 saturated heterocycles. The van der Waals surface area contributed by atoms with Gasteiger partial charge in [0.15, 0.2) is 6.10 Å². The molecule has 0 amide bonds. The molecule has 0 spiro atoms. The van der Waals surface area contributed by atoms with Crippen LogP contribution in [0.1, 0.15) is 278 Å². The highest BCUT2D eigenvalue weighted by atomic mass is 16.6. The molecule has 0 heterocycles. The Morgan fingerprint density at radius 1 is 0.323 bits per heavy atom. The minimum Gasteiger partial charge on any atom is -0.462 e. The van der Waals surface area contributed by atoms with Gasteiger partial charge in [-0.15, -0.1) is 0 Å². The lowest BCUT2D eigenvalue weighted by atomic mass is 10.0. The van der Waals surface area contributed by atoms with Gasteiger partial charge in [-0.3, -0.25) is 14.4 Å². The molecular formula is C59H104O6. The first-order valence-electron chi connectivity index (χ1n) is 27.8. The molecule has 0 aliphatic rings. The number of rotatable bonds is 50. The highest BCUT2D eigenvalue weighted by Gasteiger charge is 2.19. The lowest BCUT2D eigenvalue weighted by Gasteiger charge is -2.18. The standard InChI is InChI=1S/C59H104O6/c1-4-7-10-13-16-19-22-25-27-28-29-30-32-35-37-40-43-46-49-52-58(61)64-55-56(65-59(62)53-50-47-44-41-38-33-24-21-18-15-12-9-6-3)54-63-57(60)51-48-45-42-39-36-34-31-26-23-20-17-14-11-8-5-2/h7,10,16,19,25,27,29-30,35,37,56H,4-6,8-9,11-15,17-18,20-24,26,28,31-34,36,38-55H2,1-3H3/b10-7-,19-16-,27-25-,30-29-,37-35-/t56-/m0/s1. The van der Waals surface area contributed by atoms with Crippen molar-refractivity contribution in [3.63, 3.8) is 0 Å². The molecule has 0 aromatic heterocycles. The second kappa shape index (κ2) is 53.7. The Kier molecular flexibility index (Phi) is 51.3. The summed E-state index contributed by atoms with van der Waals surface area (Å²) in [6.07, 6.45) is 66.3. The highest BCUT2D eigenvalue weighted by Crippen LogP contribution is 2.16. The van der Waals surface area contributed by atoms with Gasteiger partial charge in [-0.25, -0.2) is 0 Å². The van der Waals surface area contributed by atoms with Crippen LogP contribution in [0, 0.1) is 0 Å². The van der Waals surface area contributed by atoms with Crippen molar-refractivity contribution in [1.29, 1.82) is 0 Å². The topological polar surface area (TPSA) is 78.9 Å². The summed E-state index contributed by atoms with van der Waals surface area (Å²) in [4.78, 5) is 38.1. The summed E-state index contributed by atoms with van der Waals surface area (Å²) in [7, 11) is 0. The van der Waals surface area contributed by atoms with Crippen LogP contribution in [0.25, 0.3) is 0 Å². The van der Waals surface area contributed by atoms with Crippen LogP contribution < -0.4 is 0 Å². The van der Waals surface area contributed by atoms with Crippen molar-refractivity contribution in [2.45, 2.75) is 284 Å². The van der Waals surface area contributed by atoms with Crippen LogP contribution in [0.2, 0.25) is 0 Å². The molecule has 0 bridgehead atoms. The number of carbonyl (C=O) groups is 3. The van der Waals surface area contributed by atoms with Crippen LogP contribution in [0.3, 0.4) is 0 Å². The molecule has 0 fully saturated rings. The third-order valence-corrected chi connectivity index (χ3v) is 12.0. The van der Waals surface area contributed by atoms with E-state index in [1.54, 1.807) is 0 Å². The first-order valence-corrected chi connectivity index (χ1v) is 27.8. The van der Waals surface area contributed by atoms with Crippen LogP contribution in [-0.2, 0) is 28.6 Å². The smallest absolute Gasteiger partial charge is 0.306 e. The molecule has 1 atom stereocenters. The summed E-state index contributed by atoms with van der Waals surface area (Å²) in [6.45, 7) is 6.52. The van der Waals surface area contributed by atoms with Crippen LogP contribution in [-0.4, -0.2) is 37.2 Å². The molecule has 376 valence electrons. The highest BCUT2D eigenvalue weighted by molar-refractivity contribution is 5.71. The zero-order chi connectivity index (χ0) is 47.2. The van der Waals surface area contributed by atoms with Gasteiger partial charge in [0.1, 0.15) is 13.2 Å². The summed E-state index contributed by atoms with van der Waals surface area (Å²) >= 11 is 0. The van der Waals surface area contributed by atoms with Gasteiger partial charge in [-0.2, -0.15) is 0 Å². The fourth-order valence-electron chi connectivity index (χ4n) is 7.88. The number of ether oxygens (including phenoxy) is 3. The van der Waals surface area contributed by atoms with E-state index < -0.39 is 6.10 Å². The Balaban J connectivity index is 4.40. The predicted molar refractivity (Wildman–Crippen MR) is 279 cm³/mol. The maximum Gasteiger partial charge on any atom is 0.306 e. The van der Waals surface area contributed by atoms with Gasteiger partial charge >= 0.3 is 17.9 Å². The average Bonchev–Trinajstić information content (AvgIpc) is 3.30. The maximum atomic E-state index is 12.8. The van der Waals surface area contributed by atoms with Crippen molar-refractivity contribution in [3.8, 4) is 0 Å². The van der Waals surface area contributed by atoms with Gasteiger partial charge in [0.25, 0.3) is 0 Å². The molecule has 65 heavy (non-hydrogen) atoms. The lowest BCUT2D eigenvalue weighted by Crippen LogP contribution is -2.30. The monoisotopic (exact) mass is 909 g/mol. The van der Waals surface area contributed by atoms with Crippen molar-refractivity contribution in [2.75, 3.05) is 13.2 Å². The van der Waals surface area contributed by atoms with Crippen molar-refractivity contribution in [2.24, 2.45) is 0 Å². The van der Waals surface area contributed by atoms with Gasteiger partial charge < -0.3 is 14.2 Å².